The molecule has 0 saturated carbocycles. The number of fused-ring (bicyclic) bond motifs is 2. The van der Waals surface area contributed by atoms with Gasteiger partial charge in [0.2, 0.25) is 0 Å². The molecule has 0 aromatic heterocycles. The van der Waals surface area contributed by atoms with Gasteiger partial charge in [0.15, 0.2) is 12.4 Å². The third-order valence-corrected chi connectivity index (χ3v) is 3.32. The molecule has 102 valence electrons. The third kappa shape index (κ3) is 2.23. The predicted molar refractivity (Wildman–Crippen MR) is 62.3 cm³/mol. The minimum atomic E-state index is -1.19. The fraction of sp³-hybridized carbons (Fsp3) is 0.462. The highest BCUT2D eigenvalue weighted by Gasteiger charge is 2.51. The van der Waals surface area contributed by atoms with Crippen LogP contribution in [-0.2, 0) is 14.2 Å². The third-order valence-electron chi connectivity index (χ3n) is 3.32. The van der Waals surface area contributed by atoms with E-state index in [0.717, 1.165) is 0 Å². The van der Waals surface area contributed by atoms with E-state index >= 15 is 0 Å². The van der Waals surface area contributed by atoms with Crippen LogP contribution in [0.5, 0.6) is 0 Å². The van der Waals surface area contributed by atoms with Crippen molar-refractivity contribution in [1.82, 2.24) is 0 Å². The first kappa shape index (κ1) is 12.6. The monoisotopic (exact) mass is 266 g/mol. The standard InChI is InChI=1S/C13H14O6/c14-9-8-6-17-13(18-8)10(15)11(9)19-12(16)7-4-2-1-3-5-7/h1-5,8-11,13-15H,6H2/t8-,9+,10-,11+,13-/m1/s1. The van der Waals surface area contributed by atoms with Gasteiger partial charge in [-0.1, -0.05) is 18.2 Å². The van der Waals surface area contributed by atoms with Crippen LogP contribution >= 0.6 is 0 Å². The molecule has 6 nitrogen and oxygen atoms in total. The summed E-state index contributed by atoms with van der Waals surface area (Å²) in [5, 5.41) is 19.9. The maximum absolute atomic E-state index is 11.9. The fourth-order valence-corrected chi connectivity index (χ4v) is 2.27. The molecular formula is C13H14O6. The number of carbonyl (C=O) groups is 1. The molecule has 2 aliphatic rings. The van der Waals surface area contributed by atoms with Gasteiger partial charge in [-0.2, -0.15) is 0 Å². The maximum Gasteiger partial charge on any atom is 0.338 e. The summed E-state index contributed by atoms with van der Waals surface area (Å²) in [5.74, 6) is -0.593. The zero-order chi connectivity index (χ0) is 13.4. The van der Waals surface area contributed by atoms with Crippen molar-refractivity contribution in [3.63, 3.8) is 0 Å². The molecule has 3 rings (SSSR count). The molecule has 5 atom stereocenters. The lowest BCUT2D eigenvalue weighted by Crippen LogP contribution is -2.55. The Hall–Kier alpha value is -1.47. The molecule has 2 saturated heterocycles. The molecule has 1 aromatic carbocycles. The first-order chi connectivity index (χ1) is 9.16. The molecule has 0 amide bonds. The summed E-state index contributed by atoms with van der Waals surface area (Å²) in [5.41, 5.74) is 0.363. The van der Waals surface area contributed by atoms with Crippen molar-refractivity contribution in [2.45, 2.75) is 30.7 Å². The minimum Gasteiger partial charge on any atom is -0.453 e. The molecule has 6 heteroatoms. The van der Waals surface area contributed by atoms with E-state index in [-0.39, 0.29) is 6.61 Å². The van der Waals surface area contributed by atoms with E-state index in [2.05, 4.69) is 0 Å². The zero-order valence-corrected chi connectivity index (χ0v) is 10.0. The molecular weight excluding hydrogens is 252 g/mol. The van der Waals surface area contributed by atoms with Crippen LogP contribution in [0, 0.1) is 0 Å². The minimum absolute atomic E-state index is 0.183. The van der Waals surface area contributed by atoms with Crippen LogP contribution in [0.4, 0.5) is 0 Å². The predicted octanol–water partition coefficient (Wildman–Crippen LogP) is -0.311. The molecule has 0 spiro atoms. The van der Waals surface area contributed by atoms with Crippen LogP contribution < -0.4 is 0 Å². The van der Waals surface area contributed by atoms with Crippen molar-refractivity contribution in [2.75, 3.05) is 6.61 Å². The SMILES string of the molecule is O=C(O[C@H]1[C@@H](O)[C@H]2CO[C@H](O2)[C@@H]1O)c1ccccc1. The molecule has 19 heavy (non-hydrogen) atoms. The van der Waals surface area contributed by atoms with Crippen LogP contribution in [0.3, 0.4) is 0 Å². The van der Waals surface area contributed by atoms with Crippen molar-refractivity contribution >= 4 is 5.97 Å². The second kappa shape index (κ2) is 4.90. The smallest absolute Gasteiger partial charge is 0.338 e. The Morgan fingerprint density at radius 3 is 2.68 bits per heavy atom. The number of carbonyl (C=O) groups excluding carboxylic acids is 1. The summed E-state index contributed by atoms with van der Waals surface area (Å²) < 4.78 is 15.6. The number of hydrogen-bond acceptors (Lipinski definition) is 6. The van der Waals surface area contributed by atoms with Gasteiger partial charge in [0.25, 0.3) is 0 Å². The Morgan fingerprint density at radius 1 is 1.21 bits per heavy atom. The van der Waals surface area contributed by atoms with E-state index in [1.54, 1.807) is 30.3 Å². The Kier molecular flexibility index (Phi) is 3.24. The van der Waals surface area contributed by atoms with E-state index in [1.165, 1.54) is 0 Å². The van der Waals surface area contributed by atoms with Crippen molar-refractivity contribution in [1.29, 1.82) is 0 Å². The average Bonchev–Trinajstić information content (AvgIpc) is 2.89. The van der Waals surface area contributed by atoms with Crippen molar-refractivity contribution < 1.29 is 29.2 Å². The molecule has 2 aliphatic heterocycles. The zero-order valence-electron chi connectivity index (χ0n) is 10.0. The largest absolute Gasteiger partial charge is 0.453 e. The molecule has 2 bridgehead atoms. The van der Waals surface area contributed by atoms with Crippen LogP contribution in [0.25, 0.3) is 0 Å². The van der Waals surface area contributed by atoms with Crippen LogP contribution in [0.15, 0.2) is 30.3 Å². The number of ether oxygens (including phenoxy) is 3. The molecule has 2 fully saturated rings. The average molecular weight is 266 g/mol. The van der Waals surface area contributed by atoms with Gasteiger partial charge in [0.05, 0.1) is 12.2 Å². The van der Waals surface area contributed by atoms with Crippen LogP contribution in [0.1, 0.15) is 10.4 Å². The molecule has 0 unspecified atom stereocenters. The number of benzene rings is 1. The van der Waals surface area contributed by atoms with E-state index in [9.17, 15) is 15.0 Å². The van der Waals surface area contributed by atoms with Crippen LogP contribution in [-0.4, -0.2) is 53.5 Å². The maximum atomic E-state index is 11.9. The topological polar surface area (TPSA) is 85.2 Å². The molecule has 0 radical (unpaired) electrons. The summed E-state index contributed by atoms with van der Waals surface area (Å²) in [6, 6.07) is 8.40. The number of esters is 1. The van der Waals surface area contributed by atoms with Gasteiger partial charge in [0.1, 0.15) is 18.3 Å². The highest BCUT2D eigenvalue weighted by molar-refractivity contribution is 5.89. The lowest BCUT2D eigenvalue weighted by atomic mass is 10.0. The highest BCUT2D eigenvalue weighted by Crippen LogP contribution is 2.30. The van der Waals surface area contributed by atoms with E-state index in [4.69, 9.17) is 14.2 Å². The quantitative estimate of drug-likeness (QED) is 0.714. The molecule has 1 aromatic rings. The number of aliphatic hydroxyl groups excluding tert-OH is 2. The number of aliphatic hydroxyl groups is 2. The first-order valence-electron chi connectivity index (χ1n) is 6.06. The number of hydrogen-bond donors (Lipinski definition) is 2. The number of rotatable bonds is 2. The van der Waals surface area contributed by atoms with E-state index < -0.39 is 36.7 Å². The lowest BCUT2D eigenvalue weighted by Gasteiger charge is -2.35. The molecule has 0 aliphatic carbocycles. The van der Waals surface area contributed by atoms with Gasteiger partial charge in [-0.25, -0.2) is 4.79 Å². The Morgan fingerprint density at radius 2 is 1.95 bits per heavy atom. The van der Waals surface area contributed by atoms with Crippen molar-refractivity contribution in [3.05, 3.63) is 35.9 Å². The molecule has 2 N–H and O–H groups in total. The summed E-state index contributed by atoms with van der Waals surface area (Å²) in [6.07, 6.45) is -4.74. The Labute approximate surface area is 109 Å². The Balaban J connectivity index is 1.74. The van der Waals surface area contributed by atoms with Gasteiger partial charge in [-0.05, 0) is 12.1 Å². The van der Waals surface area contributed by atoms with Gasteiger partial charge < -0.3 is 24.4 Å². The second-order valence-electron chi connectivity index (χ2n) is 4.59. The van der Waals surface area contributed by atoms with E-state index in [1.807, 2.05) is 0 Å². The highest BCUT2D eigenvalue weighted by atomic mass is 16.7. The lowest BCUT2D eigenvalue weighted by molar-refractivity contribution is -0.228. The van der Waals surface area contributed by atoms with Gasteiger partial charge in [0, 0.05) is 0 Å². The van der Waals surface area contributed by atoms with Gasteiger partial charge in [-0.15, -0.1) is 0 Å². The summed E-state index contributed by atoms with van der Waals surface area (Å²) in [6.45, 7) is 0.183. The Bertz CT molecular complexity index is 445. The summed E-state index contributed by atoms with van der Waals surface area (Å²) in [4.78, 5) is 11.9. The summed E-state index contributed by atoms with van der Waals surface area (Å²) in [7, 11) is 0. The van der Waals surface area contributed by atoms with Crippen molar-refractivity contribution in [2.24, 2.45) is 0 Å². The van der Waals surface area contributed by atoms with Gasteiger partial charge >= 0.3 is 5.97 Å². The fourth-order valence-electron chi connectivity index (χ4n) is 2.27. The van der Waals surface area contributed by atoms with E-state index in [0.29, 0.717) is 5.56 Å². The first-order valence-corrected chi connectivity index (χ1v) is 6.06. The van der Waals surface area contributed by atoms with Crippen LogP contribution in [0.2, 0.25) is 0 Å². The second-order valence-corrected chi connectivity index (χ2v) is 4.59. The normalized spacial score (nSPS) is 37.1. The van der Waals surface area contributed by atoms with Gasteiger partial charge in [-0.3, -0.25) is 0 Å². The van der Waals surface area contributed by atoms with Crippen molar-refractivity contribution in [3.8, 4) is 0 Å². The summed E-state index contributed by atoms with van der Waals surface area (Å²) >= 11 is 0. The molecule has 2 heterocycles.